The summed E-state index contributed by atoms with van der Waals surface area (Å²) in [5.74, 6) is 0.0813. The van der Waals surface area contributed by atoms with E-state index in [1.165, 1.54) is 4.88 Å². The summed E-state index contributed by atoms with van der Waals surface area (Å²) in [7, 11) is 0. The van der Waals surface area contributed by atoms with Crippen LogP contribution in [-0.2, 0) is 17.8 Å². The van der Waals surface area contributed by atoms with Gasteiger partial charge in [0.05, 0.1) is 13.0 Å². The Morgan fingerprint density at radius 1 is 1.24 bits per heavy atom. The van der Waals surface area contributed by atoms with Crippen molar-refractivity contribution in [2.45, 2.75) is 19.4 Å². The standard InChI is InChI=1S/C16H19NO3S/c18-16(19)7-9-17-12-13-3-5-14(6-4-13)20-10-8-15-2-1-11-21-15/h1-6,11,17H,7-10,12H2,(H,18,19). The van der Waals surface area contributed by atoms with Gasteiger partial charge in [-0.25, -0.2) is 0 Å². The van der Waals surface area contributed by atoms with Crippen LogP contribution in [0.5, 0.6) is 5.75 Å². The van der Waals surface area contributed by atoms with Crippen molar-refractivity contribution < 1.29 is 14.6 Å². The second kappa shape index (κ2) is 8.44. The number of hydrogen-bond donors (Lipinski definition) is 2. The van der Waals surface area contributed by atoms with E-state index in [4.69, 9.17) is 9.84 Å². The molecule has 0 amide bonds. The van der Waals surface area contributed by atoms with Crippen molar-refractivity contribution >= 4 is 17.3 Å². The Kier molecular flexibility index (Phi) is 6.24. The molecule has 0 saturated heterocycles. The van der Waals surface area contributed by atoms with Crippen molar-refractivity contribution in [3.63, 3.8) is 0 Å². The van der Waals surface area contributed by atoms with Crippen molar-refractivity contribution in [3.05, 3.63) is 52.2 Å². The van der Waals surface area contributed by atoms with E-state index in [1.807, 2.05) is 30.3 Å². The third kappa shape index (κ3) is 5.97. The van der Waals surface area contributed by atoms with Crippen molar-refractivity contribution in [2.24, 2.45) is 0 Å². The average molecular weight is 305 g/mol. The van der Waals surface area contributed by atoms with Gasteiger partial charge in [0.2, 0.25) is 0 Å². The quantitative estimate of drug-likeness (QED) is 0.699. The molecule has 1 heterocycles. The van der Waals surface area contributed by atoms with Crippen LogP contribution in [0.25, 0.3) is 0 Å². The van der Waals surface area contributed by atoms with Gasteiger partial charge in [-0.2, -0.15) is 0 Å². The molecule has 0 aliphatic heterocycles. The van der Waals surface area contributed by atoms with Crippen molar-refractivity contribution in [2.75, 3.05) is 13.2 Å². The molecule has 0 aliphatic carbocycles. The molecule has 2 aromatic rings. The van der Waals surface area contributed by atoms with Crippen LogP contribution in [0.1, 0.15) is 16.9 Å². The number of carbonyl (C=O) groups is 1. The minimum Gasteiger partial charge on any atom is -0.493 e. The van der Waals surface area contributed by atoms with Crippen molar-refractivity contribution in [1.82, 2.24) is 5.32 Å². The SMILES string of the molecule is O=C(O)CCNCc1ccc(OCCc2cccs2)cc1. The van der Waals surface area contributed by atoms with Gasteiger partial charge in [-0.05, 0) is 29.1 Å². The molecule has 0 unspecified atom stereocenters. The maximum atomic E-state index is 10.4. The predicted molar refractivity (Wildman–Crippen MR) is 83.9 cm³/mol. The molecule has 0 bridgehead atoms. The van der Waals surface area contributed by atoms with Gasteiger partial charge in [0.25, 0.3) is 0 Å². The maximum absolute atomic E-state index is 10.4. The molecule has 0 radical (unpaired) electrons. The highest BCUT2D eigenvalue weighted by molar-refractivity contribution is 7.09. The first kappa shape index (κ1) is 15.5. The van der Waals surface area contributed by atoms with Gasteiger partial charge in [-0.15, -0.1) is 11.3 Å². The molecule has 4 nitrogen and oxygen atoms in total. The first-order valence-corrected chi connectivity index (χ1v) is 7.78. The fourth-order valence-electron chi connectivity index (χ4n) is 1.86. The molecule has 0 saturated carbocycles. The van der Waals surface area contributed by atoms with Gasteiger partial charge in [0.1, 0.15) is 5.75 Å². The average Bonchev–Trinajstić information content (AvgIpc) is 2.98. The molecular weight excluding hydrogens is 286 g/mol. The van der Waals surface area contributed by atoms with Gasteiger partial charge < -0.3 is 15.2 Å². The predicted octanol–water partition coefficient (Wildman–Crippen LogP) is 2.93. The van der Waals surface area contributed by atoms with Crippen LogP contribution < -0.4 is 10.1 Å². The molecule has 1 aromatic heterocycles. The van der Waals surface area contributed by atoms with E-state index in [1.54, 1.807) is 11.3 Å². The largest absolute Gasteiger partial charge is 0.493 e. The molecule has 5 heteroatoms. The third-order valence-corrected chi connectivity index (χ3v) is 3.90. The number of hydrogen-bond acceptors (Lipinski definition) is 4. The first-order valence-electron chi connectivity index (χ1n) is 6.90. The molecule has 0 aliphatic rings. The van der Waals surface area contributed by atoms with Crippen LogP contribution in [0.4, 0.5) is 0 Å². The summed E-state index contributed by atoms with van der Waals surface area (Å²) in [4.78, 5) is 11.7. The number of carboxylic acids is 1. The fourth-order valence-corrected chi connectivity index (χ4v) is 2.55. The van der Waals surface area contributed by atoms with E-state index in [9.17, 15) is 4.79 Å². The molecule has 0 atom stereocenters. The van der Waals surface area contributed by atoms with E-state index >= 15 is 0 Å². The second-order valence-corrected chi connectivity index (χ2v) is 5.67. The number of rotatable bonds is 9. The van der Waals surface area contributed by atoms with Crippen molar-refractivity contribution in [1.29, 1.82) is 0 Å². The summed E-state index contributed by atoms with van der Waals surface area (Å²) in [6, 6.07) is 12.0. The number of thiophene rings is 1. The molecular formula is C16H19NO3S. The lowest BCUT2D eigenvalue weighted by Gasteiger charge is -2.07. The second-order valence-electron chi connectivity index (χ2n) is 4.64. The topological polar surface area (TPSA) is 58.6 Å². The molecule has 0 spiro atoms. The molecule has 2 N–H and O–H groups in total. The van der Waals surface area contributed by atoms with E-state index in [-0.39, 0.29) is 6.42 Å². The number of carboxylic acid groups (broad SMARTS) is 1. The minimum atomic E-state index is -0.781. The smallest absolute Gasteiger partial charge is 0.304 e. The summed E-state index contributed by atoms with van der Waals surface area (Å²) in [5, 5.41) is 13.7. The Morgan fingerprint density at radius 3 is 2.71 bits per heavy atom. The van der Waals surface area contributed by atoms with Gasteiger partial charge in [0.15, 0.2) is 0 Å². The lowest BCUT2D eigenvalue weighted by atomic mass is 10.2. The Balaban J connectivity index is 1.67. The van der Waals surface area contributed by atoms with E-state index < -0.39 is 5.97 Å². The zero-order chi connectivity index (χ0) is 14.9. The van der Waals surface area contributed by atoms with Crippen LogP contribution in [0.2, 0.25) is 0 Å². The van der Waals surface area contributed by atoms with Gasteiger partial charge in [0, 0.05) is 24.4 Å². The molecule has 1 aromatic carbocycles. The third-order valence-electron chi connectivity index (χ3n) is 2.97. The van der Waals surface area contributed by atoms with Crippen LogP contribution in [-0.4, -0.2) is 24.2 Å². The molecule has 0 fully saturated rings. The summed E-state index contributed by atoms with van der Waals surface area (Å²) >= 11 is 1.74. The van der Waals surface area contributed by atoms with Gasteiger partial charge >= 0.3 is 5.97 Å². The number of aliphatic carboxylic acids is 1. The Labute approximate surface area is 128 Å². The molecule has 112 valence electrons. The highest BCUT2D eigenvalue weighted by atomic mass is 32.1. The minimum absolute atomic E-state index is 0.143. The van der Waals surface area contributed by atoms with Crippen LogP contribution in [0.15, 0.2) is 41.8 Å². The first-order chi connectivity index (χ1) is 10.2. The Bertz CT molecular complexity index is 537. The fraction of sp³-hybridized carbons (Fsp3) is 0.312. The Morgan fingerprint density at radius 2 is 2.05 bits per heavy atom. The van der Waals surface area contributed by atoms with E-state index in [0.29, 0.717) is 19.7 Å². The summed E-state index contributed by atoms with van der Waals surface area (Å²) < 4.78 is 5.70. The molecule has 21 heavy (non-hydrogen) atoms. The zero-order valence-corrected chi connectivity index (χ0v) is 12.6. The molecule has 2 rings (SSSR count). The van der Waals surface area contributed by atoms with Gasteiger partial charge in [-0.1, -0.05) is 18.2 Å². The summed E-state index contributed by atoms with van der Waals surface area (Å²) in [5.41, 5.74) is 1.12. The van der Waals surface area contributed by atoms with E-state index in [0.717, 1.165) is 17.7 Å². The van der Waals surface area contributed by atoms with Crippen molar-refractivity contribution in [3.8, 4) is 5.75 Å². The monoisotopic (exact) mass is 305 g/mol. The highest BCUT2D eigenvalue weighted by Gasteiger charge is 1.99. The highest BCUT2D eigenvalue weighted by Crippen LogP contribution is 2.14. The van der Waals surface area contributed by atoms with Crippen LogP contribution >= 0.6 is 11.3 Å². The lowest BCUT2D eigenvalue weighted by Crippen LogP contribution is -2.17. The van der Waals surface area contributed by atoms with Crippen LogP contribution in [0.3, 0.4) is 0 Å². The maximum Gasteiger partial charge on any atom is 0.304 e. The normalized spacial score (nSPS) is 10.5. The Hall–Kier alpha value is -1.85. The number of benzene rings is 1. The van der Waals surface area contributed by atoms with Gasteiger partial charge in [-0.3, -0.25) is 4.79 Å². The number of nitrogens with one attached hydrogen (secondary N) is 1. The summed E-state index contributed by atoms with van der Waals surface area (Å²) in [6.07, 6.45) is 1.07. The lowest BCUT2D eigenvalue weighted by molar-refractivity contribution is -0.136. The van der Waals surface area contributed by atoms with Crippen LogP contribution in [0, 0.1) is 0 Å². The summed E-state index contributed by atoms with van der Waals surface area (Å²) in [6.45, 7) is 1.83. The zero-order valence-electron chi connectivity index (χ0n) is 11.7. The number of ether oxygens (including phenoxy) is 1. The van der Waals surface area contributed by atoms with E-state index in [2.05, 4.69) is 16.8 Å².